The van der Waals surface area contributed by atoms with Gasteiger partial charge in [0, 0.05) is 30.3 Å². The molecule has 0 saturated heterocycles. The first-order valence-corrected chi connectivity index (χ1v) is 9.95. The van der Waals surface area contributed by atoms with Crippen molar-refractivity contribution in [2.24, 2.45) is 0 Å². The zero-order chi connectivity index (χ0) is 19.2. The lowest BCUT2D eigenvalue weighted by molar-refractivity contribution is -0.113. The first-order chi connectivity index (χ1) is 13.1. The van der Waals surface area contributed by atoms with Gasteiger partial charge in [0.25, 0.3) is 5.91 Å². The molecule has 1 fully saturated rings. The van der Waals surface area contributed by atoms with Crippen molar-refractivity contribution in [3.63, 3.8) is 0 Å². The van der Waals surface area contributed by atoms with E-state index in [1.165, 1.54) is 11.8 Å². The molecule has 1 aromatic carbocycles. The van der Waals surface area contributed by atoms with Gasteiger partial charge in [0.15, 0.2) is 5.16 Å². The third-order valence-corrected chi connectivity index (χ3v) is 5.04. The van der Waals surface area contributed by atoms with Gasteiger partial charge in [-0.2, -0.15) is 0 Å². The van der Waals surface area contributed by atoms with Gasteiger partial charge in [0.05, 0.1) is 5.75 Å². The van der Waals surface area contributed by atoms with Crippen LogP contribution in [0.4, 0.5) is 5.69 Å². The number of hydrogen-bond donors (Lipinski definition) is 2. The van der Waals surface area contributed by atoms with E-state index < -0.39 is 0 Å². The Kier molecular flexibility index (Phi) is 6.28. The molecule has 27 heavy (non-hydrogen) atoms. The second-order valence-corrected chi connectivity index (χ2v) is 7.23. The average molecular weight is 385 g/mol. The van der Waals surface area contributed by atoms with Crippen molar-refractivity contribution in [1.82, 2.24) is 20.1 Å². The molecular formula is C19H23N5O2S. The van der Waals surface area contributed by atoms with Crippen LogP contribution in [0, 0.1) is 0 Å². The van der Waals surface area contributed by atoms with Crippen molar-refractivity contribution < 1.29 is 9.59 Å². The molecule has 0 radical (unpaired) electrons. The summed E-state index contributed by atoms with van der Waals surface area (Å²) >= 11 is 1.35. The normalized spacial score (nSPS) is 13.2. The molecule has 1 heterocycles. The van der Waals surface area contributed by atoms with Crippen LogP contribution in [0.1, 0.15) is 41.9 Å². The number of carbonyl (C=O) groups excluding carboxylic acids is 2. The van der Waals surface area contributed by atoms with E-state index in [0.717, 1.165) is 23.8 Å². The lowest BCUT2D eigenvalue weighted by Gasteiger charge is -2.08. The number of thioether (sulfide) groups is 1. The summed E-state index contributed by atoms with van der Waals surface area (Å²) in [5, 5.41) is 14.8. The van der Waals surface area contributed by atoms with Gasteiger partial charge in [-0.1, -0.05) is 23.9 Å². The van der Waals surface area contributed by atoms with Crippen LogP contribution in [0.25, 0.3) is 0 Å². The number of aromatic nitrogens is 3. The van der Waals surface area contributed by atoms with Gasteiger partial charge in [0.1, 0.15) is 5.82 Å². The van der Waals surface area contributed by atoms with Crippen LogP contribution in [0.2, 0.25) is 0 Å². The summed E-state index contributed by atoms with van der Waals surface area (Å²) in [5.41, 5.74) is 1.11. The Balaban J connectivity index is 1.59. The van der Waals surface area contributed by atoms with Gasteiger partial charge < -0.3 is 15.2 Å². The molecular weight excluding hydrogens is 362 g/mol. The molecule has 142 valence electrons. The van der Waals surface area contributed by atoms with Crippen molar-refractivity contribution >= 4 is 29.3 Å². The molecule has 1 aliphatic carbocycles. The standard InChI is InChI=1S/C19H23N5O2S/c1-3-10-24-17(13-8-9-13)22-23-19(24)27-12-16(25)21-15-7-5-6-14(11-15)18(26)20-4-2/h3,5-7,11,13H,1,4,8-10,12H2,2H3,(H,20,26)(H,21,25). The Labute approximate surface area is 162 Å². The topological polar surface area (TPSA) is 88.9 Å². The molecule has 0 unspecified atom stereocenters. The number of benzene rings is 1. The maximum absolute atomic E-state index is 12.3. The van der Waals surface area contributed by atoms with Crippen LogP contribution < -0.4 is 10.6 Å². The second-order valence-electron chi connectivity index (χ2n) is 6.29. The van der Waals surface area contributed by atoms with E-state index in [2.05, 4.69) is 27.4 Å². The van der Waals surface area contributed by atoms with Crippen molar-refractivity contribution in [2.75, 3.05) is 17.6 Å². The number of nitrogens with zero attached hydrogens (tertiary/aromatic N) is 3. The highest BCUT2D eigenvalue weighted by Gasteiger charge is 2.30. The van der Waals surface area contributed by atoms with Gasteiger partial charge in [-0.05, 0) is 38.0 Å². The van der Waals surface area contributed by atoms with Gasteiger partial charge in [0.2, 0.25) is 5.91 Å². The molecule has 8 heteroatoms. The van der Waals surface area contributed by atoms with Crippen LogP contribution in [-0.2, 0) is 11.3 Å². The Bertz CT molecular complexity index is 844. The number of anilines is 1. The summed E-state index contributed by atoms with van der Waals surface area (Å²) in [6.07, 6.45) is 4.09. The van der Waals surface area contributed by atoms with Gasteiger partial charge in [-0.15, -0.1) is 16.8 Å². The van der Waals surface area contributed by atoms with Crippen molar-refractivity contribution in [2.45, 2.75) is 37.4 Å². The third kappa shape index (κ3) is 4.97. The zero-order valence-corrected chi connectivity index (χ0v) is 16.1. The van der Waals surface area contributed by atoms with E-state index in [1.807, 2.05) is 17.6 Å². The smallest absolute Gasteiger partial charge is 0.251 e. The fourth-order valence-electron chi connectivity index (χ4n) is 2.68. The highest BCUT2D eigenvalue weighted by molar-refractivity contribution is 7.99. The third-order valence-electron chi connectivity index (χ3n) is 4.08. The molecule has 1 aliphatic rings. The molecule has 7 nitrogen and oxygen atoms in total. The minimum absolute atomic E-state index is 0.158. The fourth-order valence-corrected chi connectivity index (χ4v) is 3.43. The number of nitrogens with one attached hydrogen (secondary N) is 2. The van der Waals surface area contributed by atoms with Crippen LogP contribution >= 0.6 is 11.8 Å². The minimum Gasteiger partial charge on any atom is -0.352 e. The summed E-state index contributed by atoms with van der Waals surface area (Å²) in [7, 11) is 0. The highest BCUT2D eigenvalue weighted by atomic mass is 32.2. The monoisotopic (exact) mass is 385 g/mol. The lowest BCUT2D eigenvalue weighted by Crippen LogP contribution is -2.23. The van der Waals surface area contributed by atoms with E-state index in [9.17, 15) is 9.59 Å². The number of rotatable bonds is 9. The Morgan fingerprint density at radius 3 is 2.89 bits per heavy atom. The van der Waals surface area contributed by atoms with Gasteiger partial charge in [-0.3, -0.25) is 9.59 Å². The van der Waals surface area contributed by atoms with Crippen molar-refractivity contribution in [1.29, 1.82) is 0 Å². The van der Waals surface area contributed by atoms with E-state index in [0.29, 0.717) is 30.3 Å². The number of carbonyl (C=O) groups is 2. The first kappa shape index (κ1) is 19.2. The molecule has 0 atom stereocenters. The molecule has 1 saturated carbocycles. The van der Waals surface area contributed by atoms with Crippen molar-refractivity contribution in [3.05, 3.63) is 48.3 Å². The molecule has 0 bridgehead atoms. The molecule has 1 aromatic heterocycles. The first-order valence-electron chi connectivity index (χ1n) is 8.97. The largest absolute Gasteiger partial charge is 0.352 e. The second kappa shape index (κ2) is 8.85. The number of allylic oxidation sites excluding steroid dienone is 1. The van der Waals surface area contributed by atoms with E-state index in [1.54, 1.807) is 24.3 Å². The number of hydrogen-bond acceptors (Lipinski definition) is 5. The molecule has 2 N–H and O–H groups in total. The van der Waals surface area contributed by atoms with Crippen LogP contribution in [0.5, 0.6) is 0 Å². The van der Waals surface area contributed by atoms with E-state index >= 15 is 0 Å². The molecule has 0 spiro atoms. The number of amides is 2. The predicted octanol–water partition coefficient (Wildman–Crippen LogP) is 2.82. The summed E-state index contributed by atoms with van der Waals surface area (Å²) < 4.78 is 2.03. The lowest BCUT2D eigenvalue weighted by atomic mass is 10.2. The average Bonchev–Trinajstić information content (AvgIpc) is 3.42. The quantitative estimate of drug-likeness (QED) is 0.512. The summed E-state index contributed by atoms with van der Waals surface area (Å²) in [5.74, 6) is 1.36. The Morgan fingerprint density at radius 2 is 2.19 bits per heavy atom. The van der Waals surface area contributed by atoms with E-state index in [4.69, 9.17) is 0 Å². The van der Waals surface area contributed by atoms with Crippen LogP contribution in [-0.4, -0.2) is 38.9 Å². The summed E-state index contributed by atoms with van der Waals surface area (Å²) in [6, 6.07) is 6.89. The highest BCUT2D eigenvalue weighted by Crippen LogP contribution is 2.40. The van der Waals surface area contributed by atoms with Gasteiger partial charge in [-0.25, -0.2) is 0 Å². The predicted molar refractivity (Wildman–Crippen MR) is 106 cm³/mol. The van der Waals surface area contributed by atoms with Crippen LogP contribution in [0.15, 0.2) is 42.1 Å². The Morgan fingerprint density at radius 1 is 1.37 bits per heavy atom. The fraction of sp³-hybridized carbons (Fsp3) is 0.368. The molecule has 2 aromatic rings. The van der Waals surface area contributed by atoms with Gasteiger partial charge >= 0.3 is 0 Å². The SMILES string of the molecule is C=CCn1c(SCC(=O)Nc2cccc(C(=O)NCC)c2)nnc1C1CC1. The minimum atomic E-state index is -0.159. The summed E-state index contributed by atoms with van der Waals surface area (Å²) in [4.78, 5) is 24.2. The molecule has 2 amide bonds. The maximum atomic E-state index is 12.3. The van der Waals surface area contributed by atoms with E-state index in [-0.39, 0.29) is 17.6 Å². The Hall–Kier alpha value is -2.61. The maximum Gasteiger partial charge on any atom is 0.251 e. The molecule has 0 aliphatic heterocycles. The van der Waals surface area contributed by atoms with Crippen molar-refractivity contribution in [3.8, 4) is 0 Å². The van der Waals surface area contributed by atoms with Crippen LogP contribution in [0.3, 0.4) is 0 Å². The zero-order valence-electron chi connectivity index (χ0n) is 15.3. The molecule has 3 rings (SSSR count). The summed E-state index contributed by atoms with van der Waals surface area (Å²) in [6.45, 7) is 6.84.